The number of methoxy groups -OCH3 is 2. The number of benzene rings is 3. The molecule has 0 radical (unpaired) electrons. The van der Waals surface area contributed by atoms with Gasteiger partial charge in [-0.2, -0.15) is 5.10 Å². The van der Waals surface area contributed by atoms with Gasteiger partial charge in [0.15, 0.2) is 22.0 Å². The van der Waals surface area contributed by atoms with Crippen LogP contribution in [-0.4, -0.2) is 52.0 Å². The van der Waals surface area contributed by atoms with Crippen molar-refractivity contribution in [3.05, 3.63) is 125 Å². The summed E-state index contributed by atoms with van der Waals surface area (Å²) < 4.78 is 24.6. The van der Waals surface area contributed by atoms with Crippen molar-refractivity contribution >= 4 is 35.0 Å². The Morgan fingerprint density at radius 3 is 2.45 bits per heavy atom. The maximum Gasteiger partial charge on any atom is 0.338 e. The van der Waals surface area contributed by atoms with Crippen LogP contribution >= 0.6 is 11.3 Å². The predicted molar refractivity (Wildman–Crippen MR) is 187 cm³/mol. The summed E-state index contributed by atoms with van der Waals surface area (Å²) in [4.78, 5) is 55.7. The minimum atomic E-state index is -0.976. The van der Waals surface area contributed by atoms with E-state index in [0.29, 0.717) is 32.9 Å². The number of esters is 2. The van der Waals surface area contributed by atoms with Gasteiger partial charge in [-0.15, -0.1) is 0 Å². The zero-order chi connectivity index (χ0) is 36.4. The molecular formula is C36H31N5O9S. The molecule has 0 aliphatic carbocycles. The van der Waals surface area contributed by atoms with Crippen molar-refractivity contribution in [1.29, 1.82) is 0 Å². The van der Waals surface area contributed by atoms with Gasteiger partial charge in [0.25, 0.3) is 5.56 Å². The van der Waals surface area contributed by atoms with Crippen molar-refractivity contribution in [1.82, 2.24) is 14.3 Å². The fourth-order valence-electron chi connectivity index (χ4n) is 5.76. The number of aromatic nitrogens is 3. The van der Waals surface area contributed by atoms with E-state index in [-0.39, 0.29) is 39.6 Å². The number of hydrogen-bond donors (Lipinski definition) is 0. The number of ether oxygens (including phenoxy) is 4. The van der Waals surface area contributed by atoms with E-state index >= 15 is 0 Å². The van der Waals surface area contributed by atoms with E-state index in [2.05, 4.69) is 4.99 Å². The smallest absolute Gasteiger partial charge is 0.338 e. The summed E-state index contributed by atoms with van der Waals surface area (Å²) in [5, 5.41) is 16.8. The summed E-state index contributed by atoms with van der Waals surface area (Å²) in [7, 11) is 2.65. The van der Waals surface area contributed by atoms with E-state index < -0.39 is 28.5 Å². The first-order valence-electron chi connectivity index (χ1n) is 15.6. The number of nitrogens with zero attached hydrogens (tertiary/aromatic N) is 5. The van der Waals surface area contributed by atoms with Crippen LogP contribution in [0.25, 0.3) is 23.0 Å². The summed E-state index contributed by atoms with van der Waals surface area (Å²) >= 11 is 1.10. The van der Waals surface area contributed by atoms with E-state index in [9.17, 15) is 24.5 Å². The summed E-state index contributed by atoms with van der Waals surface area (Å²) in [5.41, 5.74) is 2.31. The van der Waals surface area contributed by atoms with Crippen molar-refractivity contribution < 1.29 is 33.5 Å². The lowest BCUT2D eigenvalue weighted by Gasteiger charge is -2.25. The van der Waals surface area contributed by atoms with Crippen LogP contribution in [0.15, 0.2) is 94.0 Å². The minimum absolute atomic E-state index is 0.123. The molecule has 2 aromatic heterocycles. The van der Waals surface area contributed by atoms with E-state index in [1.807, 2.05) is 30.3 Å². The molecule has 0 N–H and O–H groups in total. The number of hydrogen-bond acceptors (Lipinski definition) is 12. The summed E-state index contributed by atoms with van der Waals surface area (Å²) in [6.07, 6.45) is 3.37. The lowest BCUT2D eigenvalue weighted by atomic mass is 9.95. The molecule has 0 unspecified atom stereocenters. The number of rotatable bonds is 10. The average Bonchev–Trinajstić information content (AvgIpc) is 3.68. The van der Waals surface area contributed by atoms with Crippen molar-refractivity contribution in [2.75, 3.05) is 20.8 Å². The number of carbonyl (C=O) groups excluding carboxylic acids is 2. The molecule has 6 rings (SSSR count). The van der Waals surface area contributed by atoms with Gasteiger partial charge in [0.05, 0.1) is 53.3 Å². The van der Waals surface area contributed by atoms with Crippen LogP contribution in [-0.2, 0) is 14.3 Å². The van der Waals surface area contributed by atoms with Gasteiger partial charge in [0.2, 0.25) is 0 Å². The number of thiazole rings is 1. The Morgan fingerprint density at radius 1 is 1.04 bits per heavy atom. The second-order valence-electron chi connectivity index (χ2n) is 11.2. The number of para-hydroxylation sites is 1. The average molecular weight is 710 g/mol. The maximum atomic E-state index is 14.4. The fourth-order valence-corrected chi connectivity index (χ4v) is 6.80. The monoisotopic (exact) mass is 709 g/mol. The summed E-state index contributed by atoms with van der Waals surface area (Å²) in [5.74, 6) is -0.722. The number of nitro groups is 1. The summed E-state index contributed by atoms with van der Waals surface area (Å²) in [6.45, 7) is 4.90. The van der Waals surface area contributed by atoms with Crippen LogP contribution in [0, 0.1) is 10.1 Å². The molecule has 0 bridgehead atoms. The Kier molecular flexibility index (Phi) is 9.64. The molecule has 0 spiro atoms. The Hall–Kier alpha value is -6.35. The molecule has 3 aromatic carbocycles. The van der Waals surface area contributed by atoms with Gasteiger partial charge in [-0.05, 0) is 61.9 Å². The fraction of sp³-hybridized carbons (Fsp3) is 0.194. The van der Waals surface area contributed by atoms with Gasteiger partial charge < -0.3 is 18.9 Å². The zero-order valence-corrected chi connectivity index (χ0v) is 28.9. The molecule has 14 nitrogen and oxygen atoms in total. The third kappa shape index (κ3) is 6.66. The molecule has 3 heterocycles. The Balaban J connectivity index is 1.57. The molecular weight excluding hydrogens is 678 g/mol. The second kappa shape index (κ2) is 14.2. The molecule has 0 saturated heterocycles. The first kappa shape index (κ1) is 34.5. The molecule has 0 saturated carbocycles. The molecule has 1 aliphatic heterocycles. The van der Waals surface area contributed by atoms with Gasteiger partial charge in [-0.1, -0.05) is 35.6 Å². The van der Waals surface area contributed by atoms with Crippen LogP contribution < -0.4 is 29.1 Å². The van der Waals surface area contributed by atoms with Gasteiger partial charge >= 0.3 is 17.6 Å². The topological polar surface area (TPSA) is 166 Å². The highest BCUT2D eigenvalue weighted by Gasteiger charge is 2.34. The molecule has 0 amide bonds. The first-order valence-corrected chi connectivity index (χ1v) is 16.4. The van der Waals surface area contributed by atoms with Crippen LogP contribution in [0.4, 0.5) is 5.69 Å². The molecule has 0 fully saturated rings. The highest BCUT2D eigenvalue weighted by Crippen LogP contribution is 2.37. The molecule has 1 atom stereocenters. The Bertz CT molecular complexity index is 2410. The van der Waals surface area contributed by atoms with E-state index in [1.165, 1.54) is 43.9 Å². The van der Waals surface area contributed by atoms with Gasteiger partial charge in [-0.25, -0.2) is 14.5 Å². The Labute approximate surface area is 294 Å². The van der Waals surface area contributed by atoms with Crippen molar-refractivity contribution in [3.8, 4) is 34.2 Å². The normalized spacial score (nSPS) is 14.1. The second-order valence-corrected chi connectivity index (χ2v) is 12.2. The number of carbonyl (C=O) groups is 2. The van der Waals surface area contributed by atoms with Crippen LogP contribution in [0.1, 0.15) is 37.9 Å². The lowest BCUT2D eigenvalue weighted by molar-refractivity contribution is -0.385. The molecule has 1 aliphatic rings. The third-order valence-corrected chi connectivity index (χ3v) is 8.95. The molecule has 15 heteroatoms. The maximum absolute atomic E-state index is 14.4. The standard InChI is InChI=1S/C36H31N5O9S/c1-6-49-27-14-12-22(16-26(27)41(45)46)32-24(19-39(38-32)25-10-8-7-9-11-25)18-30-34(43)40-33(31(35(44)48-5)20(2)37-36(40)51-30)23-13-15-28(50-21(3)42)29(17-23)47-4/h7-19,33H,6H2,1-5H3/b30-18-/t33-/m0/s1. The largest absolute Gasteiger partial charge is 0.493 e. The highest BCUT2D eigenvalue weighted by molar-refractivity contribution is 7.07. The predicted octanol–water partition coefficient (Wildman–Crippen LogP) is 4.50. The molecule has 5 aromatic rings. The molecule has 260 valence electrons. The van der Waals surface area contributed by atoms with E-state index in [4.69, 9.17) is 24.0 Å². The number of fused-ring (bicyclic) bond motifs is 1. The number of allylic oxidation sites excluding steroid dienone is 1. The van der Waals surface area contributed by atoms with E-state index in [0.717, 1.165) is 17.0 Å². The van der Waals surface area contributed by atoms with Crippen molar-refractivity contribution in [3.63, 3.8) is 0 Å². The zero-order valence-electron chi connectivity index (χ0n) is 28.1. The lowest BCUT2D eigenvalue weighted by Crippen LogP contribution is -2.39. The summed E-state index contributed by atoms with van der Waals surface area (Å²) in [6, 6.07) is 17.6. The third-order valence-electron chi connectivity index (χ3n) is 7.96. The molecule has 51 heavy (non-hydrogen) atoms. The van der Waals surface area contributed by atoms with Gasteiger partial charge in [-0.3, -0.25) is 24.3 Å². The highest BCUT2D eigenvalue weighted by atomic mass is 32.1. The van der Waals surface area contributed by atoms with Gasteiger partial charge in [0, 0.05) is 30.3 Å². The quantitative estimate of drug-likeness (QED) is 0.0872. The van der Waals surface area contributed by atoms with Crippen LogP contribution in [0.3, 0.4) is 0 Å². The van der Waals surface area contributed by atoms with E-state index in [1.54, 1.807) is 49.0 Å². The minimum Gasteiger partial charge on any atom is -0.493 e. The van der Waals surface area contributed by atoms with Crippen LogP contribution in [0.5, 0.6) is 17.2 Å². The number of nitro benzene ring substituents is 1. The van der Waals surface area contributed by atoms with Crippen molar-refractivity contribution in [2.24, 2.45) is 4.99 Å². The van der Waals surface area contributed by atoms with Gasteiger partial charge in [0.1, 0.15) is 5.69 Å². The van der Waals surface area contributed by atoms with Crippen molar-refractivity contribution in [2.45, 2.75) is 26.8 Å². The first-order chi connectivity index (χ1) is 24.5. The van der Waals surface area contributed by atoms with Crippen LogP contribution in [0.2, 0.25) is 0 Å². The SMILES string of the molecule is CCOc1ccc(-c2nn(-c3ccccc3)cc2/C=c2\sc3n(c2=O)[C@@H](c2ccc(OC(C)=O)c(OC)c2)C(C(=O)OC)=C(C)N=3)cc1[N+](=O)[O-]. The Morgan fingerprint density at radius 2 is 1.78 bits per heavy atom.